The van der Waals surface area contributed by atoms with Crippen molar-refractivity contribution >= 4 is 43.5 Å². The molecule has 0 aliphatic carbocycles. The molecule has 0 bridgehead atoms. The maximum atomic E-state index is 4.57. The number of hydrogen-bond acceptors (Lipinski definition) is 2. The van der Waals surface area contributed by atoms with Crippen LogP contribution in [0.25, 0.3) is 6.08 Å². The van der Waals surface area contributed by atoms with Crippen LogP contribution in [0.4, 0.5) is 0 Å². The Morgan fingerprint density at radius 2 is 1.81 bits per heavy atom. The number of aromatic nitrogens is 1. The van der Waals surface area contributed by atoms with Gasteiger partial charge in [0.15, 0.2) is 0 Å². The third kappa shape index (κ3) is 9.32. The predicted molar refractivity (Wildman–Crippen MR) is 177 cm³/mol. The molecule has 1 heterocycles. The molecular weight excluding hydrogens is 553 g/mol. The molecule has 0 radical (unpaired) electrons. The third-order valence-electron chi connectivity index (χ3n) is 6.70. The van der Waals surface area contributed by atoms with Crippen molar-refractivity contribution in [2.24, 2.45) is 0 Å². The van der Waals surface area contributed by atoms with Crippen LogP contribution in [0.5, 0.6) is 0 Å². The molecule has 1 atom stereocenters. The zero-order valence-corrected chi connectivity index (χ0v) is 26.4. The van der Waals surface area contributed by atoms with Gasteiger partial charge in [-0.15, -0.1) is 0 Å². The van der Waals surface area contributed by atoms with Crippen LogP contribution in [0, 0.1) is 6.92 Å². The van der Waals surface area contributed by atoms with Crippen molar-refractivity contribution in [2.45, 2.75) is 59.5 Å². The molecule has 4 heteroatoms. The Bertz CT molecular complexity index is 1180. The van der Waals surface area contributed by atoms with E-state index in [4.69, 9.17) is 0 Å². The number of halogens is 1. The summed E-state index contributed by atoms with van der Waals surface area (Å²) in [6.07, 6.45) is 25.7. The molecule has 2 rings (SSSR count). The van der Waals surface area contributed by atoms with Gasteiger partial charge in [-0.25, -0.2) is 0 Å². The molecule has 0 fully saturated rings. The molecule has 198 valence electrons. The van der Waals surface area contributed by atoms with Gasteiger partial charge in [0.1, 0.15) is 0 Å². The van der Waals surface area contributed by atoms with Crippen molar-refractivity contribution in [3.63, 3.8) is 0 Å². The van der Waals surface area contributed by atoms with E-state index in [0.29, 0.717) is 5.66 Å². The molecule has 0 spiro atoms. The van der Waals surface area contributed by atoms with E-state index in [0.717, 1.165) is 36.1 Å². The number of nitrogens with zero attached hydrogens (tertiary/aromatic N) is 1. The number of allylic oxidation sites excluding steroid dienone is 11. The van der Waals surface area contributed by atoms with Crippen molar-refractivity contribution in [2.75, 3.05) is 6.16 Å². The molecule has 0 aliphatic rings. The molecule has 0 N–H and O–H groups in total. The van der Waals surface area contributed by atoms with Gasteiger partial charge in [0, 0.05) is 0 Å². The molecular formula is C33H43BrNPS. The summed E-state index contributed by atoms with van der Waals surface area (Å²) in [5, 5.41) is 1.95. The molecule has 37 heavy (non-hydrogen) atoms. The summed E-state index contributed by atoms with van der Waals surface area (Å²) < 4.78 is 0. The van der Waals surface area contributed by atoms with Crippen molar-refractivity contribution in [1.29, 1.82) is 0 Å². The second-order valence-electron chi connectivity index (χ2n) is 9.62. The molecule has 1 aromatic carbocycles. The zero-order chi connectivity index (χ0) is 27.2. The van der Waals surface area contributed by atoms with E-state index in [1.807, 2.05) is 12.2 Å². The molecule has 1 aromatic heterocycles. The minimum atomic E-state index is -2.69. The Morgan fingerprint density at radius 3 is 2.46 bits per heavy atom. The van der Waals surface area contributed by atoms with Gasteiger partial charge in [0.2, 0.25) is 0 Å². The number of rotatable bonds is 14. The third-order valence-corrected chi connectivity index (χ3v) is 17.8. The molecule has 2 aromatic rings. The van der Waals surface area contributed by atoms with Gasteiger partial charge in [-0.1, -0.05) is 0 Å². The van der Waals surface area contributed by atoms with Crippen LogP contribution in [0.2, 0.25) is 0 Å². The average Bonchev–Trinajstić information content (AvgIpc) is 3.30. The summed E-state index contributed by atoms with van der Waals surface area (Å²) in [4.78, 5) is 4.57. The number of benzene rings is 1. The second-order valence-corrected chi connectivity index (χ2v) is 20.4. The summed E-state index contributed by atoms with van der Waals surface area (Å²) in [6, 6.07) is 11.0. The molecule has 0 saturated carbocycles. The number of aryl methyl sites for hydroxylation is 1. The summed E-state index contributed by atoms with van der Waals surface area (Å²) in [5.41, 5.74) is 4.23. The van der Waals surface area contributed by atoms with Crippen molar-refractivity contribution < 1.29 is 0 Å². The summed E-state index contributed by atoms with van der Waals surface area (Å²) >= 11 is 6.20. The Balaban J connectivity index is 2.32. The summed E-state index contributed by atoms with van der Waals surface area (Å²) in [5.74, 6) is 2.46. The fraction of sp³-hybridized carbons (Fsp3) is 0.303. The molecule has 0 amide bonds. The van der Waals surface area contributed by atoms with Crippen LogP contribution in [0.3, 0.4) is 0 Å². The van der Waals surface area contributed by atoms with Gasteiger partial charge in [-0.2, -0.15) is 0 Å². The van der Waals surface area contributed by atoms with E-state index in [1.54, 1.807) is 11.3 Å². The first kappa shape index (κ1) is 31.2. The van der Waals surface area contributed by atoms with Crippen molar-refractivity contribution in [3.05, 3.63) is 125 Å². The normalized spacial score (nSPS) is 15.7. The topological polar surface area (TPSA) is 12.9 Å². The van der Waals surface area contributed by atoms with Crippen LogP contribution >= 0.6 is 32.1 Å². The van der Waals surface area contributed by atoms with Crippen LogP contribution in [0.15, 0.2) is 114 Å². The second kappa shape index (κ2) is 15.4. The zero-order valence-electron chi connectivity index (χ0n) is 23.1. The van der Waals surface area contributed by atoms with E-state index in [1.165, 1.54) is 16.5 Å². The van der Waals surface area contributed by atoms with Gasteiger partial charge >= 0.3 is 239 Å². The Labute approximate surface area is 237 Å². The van der Waals surface area contributed by atoms with E-state index < -0.39 is 5.31 Å². The number of hydrogen-bond donors (Lipinski definition) is 0. The van der Waals surface area contributed by atoms with Crippen molar-refractivity contribution in [1.82, 2.24) is 4.98 Å². The van der Waals surface area contributed by atoms with Gasteiger partial charge < -0.3 is 0 Å². The average molecular weight is 597 g/mol. The Kier molecular flexibility index (Phi) is 12.9. The fourth-order valence-corrected chi connectivity index (χ4v) is 11.3. The monoisotopic (exact) mass is 595 g/mol. The quantitative estimate of drug-likeness (QED) is 0.120. The number of thiazole rings is 1. The van der Waals surface area contributed by atoms with E-state index >= 15 is 0 Å². The summed E-state index contributed by atoms with van der Waals surface area (Å²) in [6.45, 7) is 14.8. The fourth-order valence-electron chi connectivity index (χ4n) is 4.35. The molecule has 1 nitrogen and oxygen atoms in total. The summed E-state index contributed by atoms with van der Waals surface area (Å²) in [7, 11) is 0. The van der Waals surface area contributed by atoms with E-state index in [-0.39, 0.29) is 0 Å². The van der Waals surface area contributed by atoms with Gasteiger partial charge in [-0.05, 0) is 0 Å². The Morgan fingerprint density at radius 1 is 1.05 bits per heavy atom. The predicted octanol–water partition coefficient (Wildman–Crippen LogP) is 10.9. The van der Waals surface area contributed by atoms with E-state index in [9.17, 15) is 0 Å². The molecule has 1 unspecified atom stereocenters. The van der Waals surface area contributed by atoms with Crippen LogP contribution in [-0.2, 0) is 0 Å². The standard InChI is InChI=1S/C33H43BrNPS/c1-7-9-11-16-24-36(34,30(5)20-13-10-8-2,33-21-14-12-15-22-33)25-23-28(3)18-17-19-29(4)26-32-27-37-31(6)35-32/h7-16,18,20-22,24,26-27,30H,1,17,19,23,25H2,2-6H3/b10-8-,11-9-,20-13-,24-16+,28-18-,29-26+. The first-order valence-electron chi connectivity index (χ1n) is 13.0. The van der Waals surface area contributed by atoms with Gasteiger partial charge in [0.05, 0.1) is 0 Å². The van der Waals surface area contributed by atoms with E-state index in [2.05, 4.69) is 152 Å². The van der Waals surface area contributed by atoms with Crippen LogP contribution in [-0.4, -0.2) is 16.8 Å². The minimum absolute atomic E-state index is 0.331. The van der Waals surface area contributed by atoms with Gasteiger partial charge in [0.25, 0.3) is 0 Å². The molecule has 0 aliphatic heterocycles. The maximum absolute atomic E-state index is 4.57. The van der Waals surface area contributed by atoms with Crippen molar-refractivity contribution in [3.8, 4) is 0 Å². The van der Waals surface area contributed by atoms with Crippen LogP contribution < -0.4 is 5.30 Å². The van der Waals surface area contributed by atoms with Crippen LogP contribution in [0.1, 0.15) is 57.7 Å². The SMILES string of the molecule is C=C/C=C\C=C\P(Br)(CC/C(C)=C\CC/C(C)=C/c1csc(C)n1)(c1ccccc1)C(C)/C=C\C=C/C. The first-order valence-corrected chi connectivity index (χ1v) is 18.5. The molecule has 0 saturated heterocycles. The van der Waals surface area contributed by atoms with Gasteiger partial charge in [-0.3, -0.25) is 0 Å². The Hall–Kier alpha value is -2.06. The first-order chi connectivity index (χ1) is 17.7.